The van der Waals surface area contributed by atoms with Crippen molar-refractivity contribution in [2.45, 2.75) is 0 Å². The molecule has 0 aliphatic heterocycles. The van der Waals surface area contributed by atoms with E-state index in [1.54, 1.807) is 0 Å². The number of aromatic amines is 1. The van der Waals surface area contributed by atoms with Gasteiger partial charge >= 0.3 is 5.95 Å². The van der Waals surface area contributed by atoms with E-state index in [-0.39, 0.29) is 5.95 Å². The van der Waals surface area contributed by atoms with Gasteiger partial charge in [-0.1, -0.05) is 5.21 Å². The van der Waals surface area contributed by atoms with Crippen molar-refractivity contribution in [1.82, 2.24) is 20.6 Å². The Balaban J connectivity index is 2.93. The molecule has 6 nitrogen and oxygen atoms in total. The lowest BCUT2D eigenvalue weighted by molar-refractivity contribution is -0.512. The van der Waals surface area contributed by atoms with Crippen molar-refractivity contribution >= 4 is 5.95 Å². The van der Waals surface area contributed by atoms with Crippen LogP contribution in [0.4, 0.5) is 5.95 Å². The maximum absolute atomic E-state index is 6.88. The zero-order chi connectivity index (χ0) is 5.98. The summed E-state index contributed by atoms with van der Waals surface area (Å²) >= 11 is 0. The predicted molar refractivity (Wildman–Crippen MR) is 22.7 cm³/mol. The number of hydrogen-bond donors (Lipinski definition) is 2. The van der Waals surface area contributed by atoms with Gasteiger partial charge in [-0.2, -0.15) is 5.53 Å². The summed E-state index contributed by atoms with van der Waals surface area (Å²) in [4.78, 5) is 0. The number of tetrazole rings is 1. The fraction of sp³-hybridized carbons (Fsp3) is 0.500. The van der Waals surface area contributed by atoms with E-state index in [0.717, 1.165) is 4.70 Å². The lowest BCUT2D eigenvalue weighted by Gasteiger charge is -1.74. The molecular weight excluding hydrogens is 108 g/mol. The fourth-order valence-electron chi connectivity index (χ4n) is 0.299. The van der Waals surface area contributed by atoms with Gasteiger partial charge in [0.15, 0.2) is 0 Å². The first-order valence-electron chi connectivity index (χ1n) is 1.99. The normalized spacial score (nSPS) is 9.12. The third-order valence-electron chi connectivity index (χ3n) is 0.634. The molecule has 0 aliphatic carbocycles. The molecule has 0 aromatic carbocycles. The lowest BCUT2D eigenvalue weighted by atomic mass is 11.0. The second-order valence-electron chi connectivity index (χ2n) is 1.27. The van der Waals surface area contributed by atoms with Gasteiger partial charge in [0, 0.05) is 10.3 Å². The molecule has 8 heavy (non-hydrogen) atoms. The monoisotopic (exact) mass is 113 g/mol. The largest absolute Gasteiger partial charge is 0.497 e. The van der Waals surface area contributed by atoms with Gasteiger partial charge in [-0.05, 0) is 0 Å². The number of aromatic nitrogens is 4. The molecule has 0 aliphatic rings. The first-order chi connectivity index (χ1) is 3.80. The summed E-state index contributed by atoms with van der Waals surface area (Å²) in [6, 6.07) is 0. The number of nitrogens with zero attached hydrogens (tertiary/aromatic N) is 4. The van der Waals surface area contributed by atoms with E-state index in [0.29, 0.717) is 0 Å². The molecule has 0 radical (unpaired) electrons. The van der Waals surface area contributed by atoms with Crippen molar-refractivity contribution in [3.8, 4) is 0 Å². The zero-order valence-corrected chi connectivity index (χ0v) is 4.29. The zero-order valence-electron chi connectivity index (χ0n) is 4.29. The molecule has 1 aromatic rings. The second kappa shape index (κ2) is 1.65. The Morgan fingerprint density at radius 3 is 2.75 bits per heavy atom. The molecule has 0 spiro atoms. The summed E-state index contributed by atoms with van der Waals surface area (Å²) in [6.07, 6.45) is 0. The summed E-state index contributed by atoms with van der Waals surface area (Å²) in [6.45, 7) is 0. The van der Waals surface area contributed by atoms with Gasteiger partial charge in [-0.25, -0.2) is 0 Å². The van der Waals surface area contributed by atoms with Crippen LogP contribution in [0.2, 0.25) is 0 Å². The highest BCUT2D eigenvalue weighted by Gasteiger charge is 2.07. The average Bonchev–Trinajstić information content (AvgIpc) is 2.12. The smallest absolute Gasteiger partial charge is 0.164 e. The molecule has 0 amide bonds. The fourth-order valence-corrected chi connectivity index (χ4v) is 0.299. The van der Waals surface area contributed by atoms with E-state index in [2.05, 4.69) is 20.6 Å². The van der Waals surface area contributed by atoms with Crippen LogP contribution in [0.25, 0.3) is 0 Å². The summed E-state index contributed by atoms with van der Waals surface area (Å²) in [5, 5.41) is 12.5. The van der Waals surface area contributed by atoms with Crippen LogP contribution < -0.4 is 0 Å². The minimum Gasteiger partial charge on any atom is -0.164 e. The summed E-state index contributed by atoms with van der Waals surface area (Å²) in [7, 11) is 1.52. The van der Waals surface area contributed by atoms with Crippen LogP contribution >= 0.6 is 0 Å². The van der Waals surface area contributed by atoms with Gasteiger partial charge in [0.1, 0.15) is 0 Å². The van der Waals surface area contributed by atoms with Crippen LogP contribution in [0.15, 0.2) is 0 Å². The molecule has 0 bridgehead atoms. The Morgan fingerprint density at radius 1 is 1.75 bits per heavy atom. The van der Waals surface area contributed by atoms with Gasteiger partial charge in [-0.3, -0.25) is 0 Å². The second-order valence-corrected chi connectivity index (χ2v) is 1.27. The van der Waals surface area contributed by atoms with Gasteiger partial charge in [0.2, 0.25) is 0 Å². The van der Waals surface area contributed by atoms with Gasteiger partial charge in [0.05, 0.1) is 12.1 Å². The highest BCUT2D eigenvalue weighted by molar-refractivity contribution is 4.89. The van der Waals surface area contributed by atoms with E-state index in [9.17, 15) is 0 Å². The topological polar surface area (TPSA) is 81.3 Å². The minimum absolute atomic E-state index is 0.269. The lowest BCUT2D eigenvalue weighted by Crippen LogP contribution is -1.91. The number of H-pyrrole nitrogens is 1. The molecule has 0 atom stereocenters. The van der Waals surface area contributed by atoms with Gasteiger partial charge in [-0.15, -0.1) is 4.70 Å². The van der Waals surface area contributed by atoms with Crippen LogP contribution in [0.1, 0.15) is 0 Å². The van der Waals surface area contributed by atoms with Gasteiger partial charge < -0.3 is 0 Å². The number of rotatable bonds is 1. The van der Waals surface area contributed by atoms with Crippen molar-refractivity contribution in [3.63, 3.8) is 0 Å². The third kappa shape index (κ3) is 0.673. The maximum Gasteiger partial charge on any atom is 0.497 e. The van der Waals surface area contributed by atoms with Crippen molar-refractivity contribution in [3.05, 3.63) is 0 Å². The first kappa shape index (κ1) is 4.82. The molecule has 1 heterocycles. The van der Waals surface area contributed by atoms with Crippen LogP contribution in [0.3, 0.4) is 0 Å². The van der Waals surface area contributed by atoms with Crippen molar-refractivity contribution < 1.29 is 4.70 Å². The van der Waals surface area contributed by atoms with Crippen molar-refractivity contribution in [2.24, 2.45) is 0 Å². The Morgan fingerprint density at radius 2 is 2.50 bits per heavy atom. The SMILES string of the molecule is C[N+](=N)c1nn[nH]n1. The molecular formula is C2H5N6+. The van der Waals surface area contributed by atoms with Crippen LogP contribution in [0.5, 0.6) is 0 Å². The predicted octanol–water partition coefficient (Wildman–Crippen LogP) is -0.496. The molecule has 0 saturated heterocycles. The highest BCUT2D eigenvalue weighted by Crippen LogP contribution is 1.90. The van der Waals surface area contributed by atoms with E-state index < -0.39 is 0 Å². The molecule has 0 fully saturated rings. The van der Waals surface area contributed by atoms with Crippen LogP contribution in [0, 0.1) is 5.53 Å². The molecule has 2 N–H and O–H groups in total. The van der Waals surface area contributed by atoms with Crippen LogP contribution in [-0.2, 0) is 0 Å². The minimum atomic E-state index is 0.269. The van der Waals surface area contributed by atoms with E-state index >= 15 is 0 Å². The molecule has 1 rings (SSSR count). The Kier molecular flexibility index (Phi) is 0.991. The third-order valence-corrected chi connectivity index (χ3v) is 0.634. The number of hydrogen-bond acceptors (Lipinski definition) is 4. The molecule has 6 heteroatoms. The van der Waals surface area contributed by atoms with E-state index in [4.69, 9.17) is 5.53 Å². The molecule has 1 aromatic heterocycles. The standard InChI is InChI=1S/C2H5N6/c1-8(3)2-4-6-7-5-2/h3H,1H3,(H,4,5,6,7)/q+1. The van der Waals surface area contributed by atoms with Crippen LogP contribution in [-0.4, -0.2) is 32.4 Å². The number of nitrogens with one attached hydrogen (secondary N) is 2. The molecule has 0 saturated carbocycles. The van der Waals surface area contributed by atoms with Crippen molar-refractivity contribution in [1.29, 1.82) is 5.53 Å². The Labute approximate surface area is 45.0 Å². The maximum atomic E-state index is 6.88. The molecule has 0 unspecified atom stereocenters. The summed E-state index contributed by atoms with van der Waals surface area (Å²) in [5.41, 5.74) is 6.88. The van der Waals surface area contributed by atoms with Crippen molar-refractivity contribution in [2.75, 3.05) is 7.05 Å². The summed E-state index contributed by atoms with van der Waals surface area (Å²) < 4.78 is 1.02. The quantitative estimate of drug-likeness (QED) is 0.380. The highest BCUT2D eigenvalue weighted by atomic mass is 15.5. The van der Waals surface area contributed by atoms with E-state index in [1.807, 2.05) is 0 Å². The first-order valence-corrected chi connectivity index (χ1v) is 1.99. The van der Waals surface area contributed by atoms with Gasteiger partial charge in [0.25, 0.3) is 0 Å². The molecule has 42 valence electrons. The average molecular weight is 113 g/mol. The Hall–Kier alpha value is -1.33. The summed E-state index contributed by atoms with van der Waals surface area (Å²) in [5.74, 6) is 0.269. The Bertz CT molecular complexity index is 174. The van der Waals surface area contributed by atoms with E-state index in [1.165, 1.54) is 7.05 Å².